The SMILES string of the molecule is N[C@@H](Cc1cnc[nH]1)C(=O)N1C[C@@H]2C[C@H](C1)[C@@H]1CCCCN1C2. The van der Waals surface area contributed by atoms with E-state index in [2.05, 4.69) is 14.9 Å². The second-order valence-corrected chi connectivity index (χ2v) is 7.55. The quantitative estimate of drug-likeness (QED) is 0.856. The summed E-state index contributed by atoms with van der Waals surface area (Å²) < 4.78 is 0. The van der Waals surface area contributed by atoms with E-state index in [0.29, 0.717) is 24.3 Å². The third-order valence-electron chi connectivity index (χ3n) is 5.89. The first-order valence-electron chi connectivity index (χ1n) is 8.96. The maximum absolute atomic E-state index is 12.8. The number of aromatic nitrogens is 2. The summed E-state index contributed by atoms with van der Waals surface area (Å²) in [5.74, 6) is 1.39. The first kappa shape index (κ1) is 15.1. The molecule has 4 heterocycles. The predicted octanol–water partition coefficient (Wildman–Crippen LogP) is 0.612. The van der Waals surface area contributed by atoms with Crippen molar-refractivity contribution in [1.29, 1.82) is 0 Å². The lowest BCUT2D eigenvalue weighted by Gasteiger charge is -2.52. The van der Waals surface area contributed by atoms with Gasteiger partial charge < -0.3 is 15.6 Å². The molecule has 6 heteroatoms. The number of carbonyl (C=O) groups excluding carboxylic acids is 1. The number of aromatic amines is 1. The lowest BCUT2D eigenvalue weighted by atomic mass is 9.76. The van der Waals surface area contributed by atoms with Gasteiger partial charge in [-0.3, -0.25) is 9.69 Å². The van der Waals surface area contributed by atoms with Gasteiger partial charge in [0.25, 0.3) is 0 Å². The number of piperidine rings is 3. The number of nitrogens with zero attached hydrogens (tertiary/aromatic N) is 3. The summed E-state index contributed by atoms with van der Waals surface area (Å²) in [7, 11) is 0. The molecule has 0 aliphatic carbocycles. The Morgan fingerprint density at radius 1 is 1.39 bits per heavy atom. The average molecular weight is 317 g/mol. The van der Waals surface area contributed by atoms with Gasteiger partial charge in [-0.25, -0.2) is 4.98 Å². The summed E-state index contributed by atoms with van der Waals surface area (Å²) >= 11 is 0. The molecule has 3 saturated heterocycles. The van der Waals surface area contributed by atoms with Crippen LogP contribution in [0.1, 0.15) is 31.4 Å². The van der Waals surface area contributed by atoms with Crippen molar-refractivity contribution >= 4 is 5.91 Å². The van der Waals surface area contributed by atoms with E-state index in [0.717, 1.165) is 18.8 Å². The molecule has 1 amide bonds. The zero-order valence-corrected chi connectivity index (χ0v) is 13.7. The molecular formula is C17H27N5O. The number of amides is 1. The van der Waals surface area contributed by atoms with Crippen LogP contribution in [0.15, 0.2) is 12.5 Å². The Balaban J connectivity index is 1.41. The Labute approximate surface area is 137 Å². The fourth-order valence-electron chi connectivity index (χ4n) is 4.90. The number of rotatable bonds is 3. The van der Waals surface area contributed by atoms with E-state index in [1.54, 1.807) is 12.5 Å². The van der Waals surface area contributed by atoms with Crippen LogP contribution in [0, 0.1) is 11.8 Å². The Morgan fingerprint density at radius 2 is 2.30 bits per heavy atom. The van der Waals surface area contributed by atoms with E-state index in [4.69, 9.17) is 5.73 Å². The minimum Gasteiger partial charge on any atom is -0.348 e. The second-order valence-electron chi connectivity index (χ2n) is 7.55. The van der Waals surface area contributed by atoms with E-state index in [1.165, 1.54) is 38.8 Å². The fraction of sp³-hybridized carbons (Fsp3) is 0.765. The van der Waals surface area contributed by atoms with Crippen molar-refractivity contribution in [1.82, 2.24) is 19.8 Å². The molecule has 23 heavy (non-hydrogen) atoms. The highest BCUT2D eigenvalue weighted by Crippen LogP contribution is 2.37. The highest BCUT2D eigenvalue weighted by molar-refractivity contribution is 5.82. The molecule has 0 spiro atoms. The number of carbonyl (C=O) groups is 1. The molecule has 0 unspecified atom stereocenters. The van der Waals surface area contributed by atoms with Gasteiger partial charge in [0.15, 0.2) is 0 Å². The monoisotopic (exact) mass is 317 g/mol. The molecule has 3 N–H and O–H groups in total. The number of hydrogen-bond donors (Lipinski definition) is 2. The molecule has 4 atom stereocenters. The third kappa shape index (κ3) is 3.02. The molecule has 2 bridgehead atoms. The summed E-state index contributed by atoms with van der Waals surface area (Å²) in [5.41, 5.74) is 7.10. The number of H-pyrrole nitrogens is 1. The van der Waals surface area contributed by atoms with Gasteiger partial charge in [0.1, 0.15) is 0 Å². The Morgan fingerprint density at radius 3 is 3.13 bits per heavy atom. The second kappa shape index (κ2) is 6.24. The summed E-state index contributed by atoms with van der Waals surface area (Å²) in [5, 5.41) is 0. The van der Waals surface area contributed by atoms with Gasteiger partial charge in [-0.05, 0) is 37.6 Å². The summed E-state index contributed by atoms with van der Waals surface area (Å²) in [4.78, 5) is 24.5. The number of nitrogens with one attached hydrogen (secondary N) is 1. The van der Waals surface area contributed by atoms with Crippen molar-refractivity contribution in [2.24, 2.45) is 17.6 Å². The molecule has 3 fully saturated rings. The van der Waals surface area contributed by atoms with Crippen LogP contribution in [0.25, 0.3) is 0 Å². The molecule has 6 nitrogen and oxygen atoms in total. The van der Waals surface area contributed by atoms with Gasteiger partial charge in [0.05, 0.1) is 12.4 Å². The molecule has 0 radical (unpaired) electrons. The molecule has 4 rings (SSSR count). The average Bonchev–Trinajstić information content (AvgIpc) is 3.07. The summed E-state index contributed by atoms with van der Waals surface area (Å²) in [6.07, 6.45) is 9.21. The first-order chi connectivity index (χ1) is 11.2. The standard InChI is InChI=1S/C17H27N5O/c18-15(6-14-7-19-11-20-14)17(23)22-9-12-5-13(10-22)16-3-1-2-4-21(16)8-12/h7,11-13,15-16H,1-6,8-10,18H2,(H,19,20)/t12-,13-,15+,16+/m1/s1. The van der Waals surface area contributed by atoms with E-state index in [-0.39, 0.29) is 5.91 Å². The third-order valence-corrected chi connectivity index (χ3v) is 5.89. The molecule has 3 aliphatic heterocycles. The number of hydrogen-bond acceptors (Lipinski definition) is 4. The van der Waals surface area contributed by atoms with E-state index < -0.39 is 6.04 Å². The molecule has 1 aromatic heterocycles. The zero-order valence-electron chi connectivity index (χ0n) is 13.7. The van der Waals surface area contributed by atoms with E-state index in [1.807, 2.05) is 4.90 Å². The maximum atomic E-state index is 12.8. The van der Waals surface area contributed by atoms with Crippen LogP contribution in [0.5, 0.6) is 0 Å². The van der Waals surface area contributed by atoms with Gasteiger partial charge in [0, 0.05) is 44.0 Å². The van der Waals surface area contributed by atoms with Gasteiger partial charge >= 0.3 is 0 Å². The molecule has 0 aromatic carbocycles. The molecule has 3 aliphatic rings. The fourth-order valence-corrected chi connectivity index (χ4v) is 4.90. The number of imidazole rings is 1. The maximum Gasteiger partial charge on any atom is 0.239 e. The van der Waals surface area contributed by atoms with Gasteiger partial charge in [0.2, 0.25) is 5.91 Å². The number of fused-ring (bicyclic) bond motifs is 4. The zero-order chi connectivity index (χ0) is 15.8. The van der Waals surface area contributed by atoms with Crippen molar-refractivity contribution in [2.75, 3.05) is 26.2 Å². The Hall–Kier alpha value is -1.40. The molecular weight excluding hydrogens is 290 g/mol. The highest BCUT2D eigenvalue weighted by Gasteiger charge is 2.43. The molecule has 126 valence electrons. The predicted molar refractivity (Wildman–Crippen MR) is 87.7 cm³/mol. The van der Waals surface area contributed by atoms with Crippen LogP contribution in [-0.2, 0) is 11.2 Å². The summed E-state index contributed by atoms with van der Waals surface area (Å²) in [6, 6.07) is 0.233. The van der Waals surface area contributed by atoms with Crippen LogP contribution in [0.3, 0.4) is 0 Å². The lowest BCUT2D eigenvalue weighted by Crippen LogP contribution is -2.61. The Bertz CT molecular complexity index is 545. The van der Waals surface area contributed by atoms with Crippen LogP contribution < -0.4 is 5.73 Å². The van der Waals surface area contributed by atoms with Crippen molar-refractivity contribution in [3.63, 3.8) is 0 Å². The van der Waals surface area contributed by atoms with E-state index in [9.17, 15) is 4.79 Å². The lowest BCUT2D eigenvalue weighted by molar-refractivity contribution is -0.139. The van der Waals surface area contributed by atoms with Crippen molar-refractivity contribution in [3.8, 4) is 0 Å². The largest absolute Gasteiger partial charge is 0.348 e. The number of likely N-dealkylation sites (tertiary alicyclic amines) is 1. The van der Waals surface area contributed by atoms with Crippen molar-refractivity contribution < 1.29 is 4.79 Å². The van der Waals surface area contributed by atoms with E-state index >= 15 is 0 Å². The van der Waals surface area contributed by atoms with Crippen LogP contribution >= 0.6 is 0 Å². The number of nitrogens with two attached hydrogens (primary N) is 1. The smallest absolute Gasteiger partial charge is 0.239 e. The van der Waals surface area contributed by atoms with Crippen molar-refractivity contribution in [2.45, 2.75) is 44.2 Å². The minimum absolute atomic E-state index is 0.110. The van der Waals surface area contributed by atoms with Gasteiger partial charge in [-0.2, -0.15) is 0 Å². The Kier molecular flexibility index (Phi) is 4.11. The van der Waals surface area contributed by atoms with Crippen LogP contribution in [-0.4, -0.2) is 63.9 Å². The minimum atomic E-state index is -0.461. The topological polar surface area (TPSA) is 78.2 Å². The normalized spacial score (nSPS) is 32.4. The van der Waals surface area contributed by atoms with Crippen LogP contribution in [0.2, 0.25) is 0 Å². The highest BCUT2D eigenvalue weighted by atomic mass is 16.2. The van der Waals surface area contributed by atoms with Gasteiger partial charge in [-0.15, -0.1) is 0 Å². The molecule has 0 saturated carbocycles. The van der Waals surface area contributed by atoms with Gasteiger partial charge in [-0.1, -0.05) is 6.42 Å². The van der Waals surface area contributed by atoms with Crippen LogP contribution in [0.4, 0.5) is 0 Å². The summed E-state index contributed by atoms with van der Waals surface area (Å²) in [6.45, 7) is 4.20. The molecule has 1 aromatic rings. The first-order valence-corrected chi connectivity index (χ1v) is 8.96. The van der Waals surface area contributed by atoms with Crippen molar-refractivity contribution in [3.05, 3.63) is 18.2 Å².